The predicted molar refractivity (Wildman–Crippen MR) is 52.7 cm³/mol. The van der Waals surface area contributed by atoms with Gasteiger partial charge < -0.3 is 19.3 Å². The molecule has 1 heterocycles. The first kappa shape index (κ1) is 12.9. The highest BCUT2D eigenvalue weighted by atomic mass is 16.7. The van der Waals surface area contributed by atoms with Gasteiger partial charge in [0.05, 0.1) is 19.4 Å². The van der Waals surface area contributed by atoms with Gasteiger partial charge in [0, 0.05) is 0 Å². The minimum Gasteiger partial charge on any atom is -0.481 e. The second-order valence-corrected chi connectivity index (χ2v) is 4.03. The molecule has 16 heavy (non-hydrogen) atoms. The van der Waals surface area contributed by atoms with Gasteiger partial charge in [-0.2, -0.15) is 0 Å². The molecule has 1 aliphatic heterocycles. The first-order valence-corrected chi connectivity index (χ1v) is 5.08. The summed E-state index contributed by atoms with van der Waals surface area (Å²) in [5, 5.41) is 8.36. The minimum atomic E-state index is -1.02. The molecule has 0 spiro atoms. The smallest absolute Gasteiger partial charge is 0.306 e. The van der Waals surface area contributed by atoms with E-state index in [0.717, 1.165) is 0 Å². The SMILES string of the molecule is CC1(C)OC[C@H](COC(=O)CCC(=O)O)O1. The Hall–Kier alpha value is -1.14. The van der Waals surface area contributed by atoms with Crippen molar-refractivity contribution in [2.24, 2.45) is 0 Å². The zero-order valence-corrected chi connectivity index (χ0v) is 9.39. The first-order valence-electron chi connectivity index (χ1n) is 5.08. The van der Waals surface area contributed by atoms with Crippen molar-refractivity contribution < 1.29 is 28.9 Å². The van der Waals surface area contributed by atoms with E-state index >= 15 is 0 Å². The van der Waals surface area contributed by atoms with Crippen LogP contribution in [0.15, 0.2) is 0 Å². The van der Waals surface area contributed by atoms with Gasteiger partial charge >= 0.3 is 11.9 Å². The molecule has 0 bridgehead atoms. The van der Waals surface area contributed by atoms with Crippen LogP contribution in [0.2, 0.25) is 0 Å². The van der Waals surface area contributed by atoms with E-state index in [9.17, 15) is 9.59 Å². The highest BCUT2D eigenvalue weighted by molar-refractivity contribution is 5.76. The molecule has 0 aromatic rings. The van der Waals surface area contributed by atoms with Crippen LogP contribution in [-0.4, -0.2) is 42.1 Å². The maximum atomic E-state index is 11.1. The Balaban J connectivity index is 2.15. The molecule has 1 fully saturated rings. The number of hydrogen-bond acceptors (Lipinski definition) is 5. The largest absolute Gasteiger partial charge is 0.481 e. The van der Waals surface area contributed by atoms with Crippen molar-refractivity contribution in [3.05, 3.63) is 0 Å². The lowest BCUT2D eigenvalue weighted by Crippen LogP contribution is -2.25. The molecule has 92 valence electrons. The van der Waals surface area contributed by atoms with Crippen molar-refractivity contribution in [2.45, 2.75) is 38.6 Å². The Morgan fingerprint density at radius 1 is 1.44 bits per heavy atom. The summed E-state index contributed by atoms with van der Waals surface area (Å²) in [5.74, 6) is -2.19. The van der Waals surface area contributed by atoms with Gasteiger partial charge in [0.15, 0.2) is 5.79 Å². The molecule has 0 amide bonds. The van der Waals surface area contributed by atoms with E-state index in [1.165, 1.54) is 0 Å². The van der Waals surface area contributed by atoms with Crippen LogP contribution in [0.3, 0.4) is 0 Å². The Bertz CT molecular complexity index is 272. The predicted octanol–water partition coefficient (Wildman–Crippen LogP) is 0.546. The number of esters is 1. The first-order chi connectivity index (χ1) is 7.39. The number of carbonyl (C=O) groups excluding carboxylic acids is 1. The van der Waals surface area contributed by atoms with Gasteiger partial charge in [-0.3, -0.25) is 9.59 Å². The quantitative estimate of drug-likeness (QED) is 0.697. The molecule has 1 saturated heterocycles. The highest BCUT2D eigenvalue weighted by Crippen LogP contribution is 2.22. The molecule has 0 aromatic heterocycles. The zero-order valence-electron chi connectivity index (χ0n) is 9.39. The van der Waals surface area contributed by atoms with Gasteiger partial charge in [0.2, 0.25) is 0 Å². The number of carboxylic acid groups (broad SMARTS) is 1. The molecule has 1 aliphatic rings. The molecule has 0 radical (unpaired) electrons. The summed E-state index contributed by atoms with van der Waals surface area (Å²) >= 11 is 0. The lowest BCUT2D eigenvalue weighted by molar-refractivity contribution is -0.159. The minimum absolute atomic E-state index is 0.0991. The van der Waals surface area contributed by atoms with Crippen LogP contribution in [-0.2, 0) is 23.8 Å². The molecule has 0 aliphatic carbocycles. The molecule has 1 N–H and O–H groups in total. The van der Waals surface area contributed by atoms with Crippen molar-refractivity contribution in [3.8, 4) is 0 Å². The maximum absolute atomic E-state index is 11.1. The van der Waals surface area contributed by atoms with Gasteiger partial charge in [0.1, 0.15) is 12.7 Å². The van der Waals surface area contributed by atoms with E-state index in [1.807, 2.05) is 0 Å². The van der Waals surface area contributed by atoms with E-state index in [0.29, 0.717) is 6.61 Å². The summed E-state index contributed by atoms with van der Waals surface area (Å²) in [6, 6.07) is 0. The fraction of sp³-hybridized carbons (Fsp3) is 0.800. The van der Waals surface area contributed by atoms with Gasteiger partial charge in [-0.1, -0.05) is 0 Å². The van der Waals surface area contributed by atoms with E-state index in [1.54, 1.807) is 13.8 Å². The average Bonchev–Trinajstić information content (AvgIpc) is 2.52. The molecule has 6 heteroatoms. The number of ether oxygens (including phenoxy) is 3. The molecule has 0 saturated carbocycles. The van der Waals surface area contributed by atoms with E-state index < -0.39 is 17.7 Å². The lowest BCUT2D eigenvalue weighted by Gasteiger charge is -2.16. The van der Waals surface area contributed by atoms with Gasteiger partial charge in [-0.05, 0) is 13.8 Å². The lowest BCUT2D eigenvalue weighted by atomic mass is 10.3. The number of carbonyl (C=O) groups is 2. The fourth-order valence-electron chi connectivity index (χ4n) is 1.31. The Labute approximate surface area is 93.5 Å². The Morgan fingerprint density at radius 2 is 2.12 bits per heavy atom. The van der Waals surface area contributed by atoms with Crippen molar-refractivity contribution >= 4 is 11.9 Å². The topological polar surface area (TPSA) is 82.1 Å². The second kappa shape index (κ2) is 5.27. The van der Waals surface area contributed by atoms with Gasteiger partial charge in [0.25, 0.3) is 0 Å². The number of aliphatic carboxylic acids is 1. The van der Waals surface area contributed by atoms with E-state index in [2.05, 4.69) is 0 Å². The van der Waals surface area contributed by atoms with Crippen LogP contribution in [0.25, 0.3) is 0 Å². The van der Waals surface area contributed by atoms with Crippen molar-refractivity contribution in [1.82, 2.24) is 0 Å². The molecule has 1 atom stereocenters. The summed E-state index contributed by atoms with van der Waals surface area (Å²) in [5.41, 5.74) is 0. The third-order valence-corrected chi connectivity index (χ3v) is 2.04. The normalized spacial score (nSPS) is 23.0. The summed E-state index contributed by atoms with van der Waals surface area (Å²) in [7, 11) is 0. The summed E-state index contributed by atoms with van der Waals surface area (Å²) < 4.78 is 15.5. The van der Waals surface area contributed by atoms with Crippen LogP contribution >= 0.6 is 0 Å². The maximum Gasteiger partial charge on any atom is 0.306 e. The second-order valence-electron chi connectivity index (χ2n) is 4.03. The fourth-order valence-corrected chi connectivity index (χ4v) is 1.31. The van der Waals surface area contributed by atoms with E-state index in [4.69, 9.17) is 19.3 Å². The van der Waals surface area contributed by atoms with Crippen LogP contribution < -0.4 is 0 Å². The molecular formula is C10H16O6. The van der Waals surface area contributed by atoms with Gasteiger partial charge in [-0.15, -0.1) is 0 Å². The summed E-state index contributed by atoms with van der Waals surface area (Å²) in [6.45, 7) is 4.03. The molecule has 0 aromatic carbocycles. The molecule has 0 unspecified atom stereocenters. The molecule has 1 rings (SSSR count). The van der Waals surface area contributed by atoms with E-state index in [-0.39, 0.29) is 25.6 Å². The molecular weight excluding hydrogens is 216 g/mol. The summed E-state index contributed by atoms with van der Waals surface area (Å²) in [6.07, 6.45) is -0.609. The number of rotatable bonds is 5. The third kappa shape index (κ3) is 4.59. The zero-order chi connectivity index (χ0) is 12.2. The van der Waals surface area contributed by atoms with Gasteiger partial charge in [-0.25, -0.2) is 0 Å². The van der Waals surface area contributed by atoms with Crippen molar-refractivity contribution in [3.63, 3.8) is 0 Å². The summed E-state index contributed by atoms with van der Waals surface area (Å²) in [4.78, 5) is 21.3. The van der Waals surface area contributed by atoms with Crippen LogP contribution in [0.1, 0.15) is 26.7 Å². The van der Waals surface area contributed by atoms with Crippen LogP contribution in [0, 0.1) is 0 Å². The Morgan fingerprint density at radius 3 is 2.62 bits per heavy atom. The van der Waals surface area contributed by atoms with Crippen LogP contribution in [0.5, 0.6) is 0 Å². The molecule has 6 nitrogen and oxygen atoms in total. The number of carboxylic acids is 1. The monoisotopic (exact) mass is 232 g/mol. The van der Waals surface area contributed by atoms with Crippen LogP contribution in [0.4, 0.5) is 0 Å². The third-order valence-electron chi connectivity index (χ3n) is 2.04. The average molecular weight is 232 g/mol. The number of hydrogen-bond donors (Lipinski definition) is 1. The highest BCUT2D eigenvalue weighted by Gasteiger charge is 2.33. The van der Waals surface area contributed by atoms with Crippen molar-refractivity contribution in [1.29, 1.82) is 0 Å². The van der Waals surface area contributed by atoms with Crippen molar-refractivity contribution in [2.75, 3.05) is 13.2 Å². The standard InChI is InChI=1S/C10H16O6/c1-10(2)15-6-7(16-10)5-14-9(13)4-3-8(11)12/h7H,3-6H2,1-2H3,(H,11,12)/t7-/m0/s1. The Kier molecular flexibility index (Phi) is 4.26.